The van der Waals surface area contributed by atoms with Crippen LogP contribution < -0.4 is 5.32 Å². The molecule has 0 spiro atoms. The summed E-state index contributed by atoms with van der Waals surface area (Å²) < 4.78 is 2.18. The molecule has 0 bridgehead atoms. The predicted molar refractivity (Wildman–Crippen MR) is 126 cm³/mol. The lowest BCUT2D eigenvalue weighted by Gasteiger charge is -2.34. The Kier molecular flexibility index (Phi) is 4.99. The highest BCUT2D eigenvalue weighted by Crippen LogP contribution is 2.36. The third-order valence-electron chi connectivity index (χ3n) is 4.96. The summed E-state index contributed by atoms with van der Waals surface area (Å²) in [5, 5.41) is 5.89. The van der Waals surface area contributed by atoms with Gasteiger partial charge in [0, 0.05) is 22.7 Å². The Hall–Kier alpha value is -2.59. The second-order valence-electron chi connectivity index (χ2n) is 9.55. The highest BCUT2D eigenvalue weighted by atomic mass is 32.1. The van der Waals surface area contributed by atoms with Gasteiger partial charge in [-0.15, -0.1) is 11.3 Å². The molecule has 0 radical (unpaired) electrons. The molecule has 0 aliphatic carbocycles. The summed E-state index contributed by atoms with van der Waals surface area (Å²) in [5.74, 6) is 1.07. The summed E-state index contributed by atoms with van der Waals surface area (Å²) in [5.41, 5.74) is 4.79. The maximum absolute atomic E-state index is 4.94. The van der Waals surface area contributed by atoms with Crippen molar-refractivity contribution in [2.45, 2.75) is 46.6 Å². The molecule has 4 rings (SSSR count). The average Bonchev–Trinajstić information content (AvgIpc) is 3.23. The van der Waals surface area contributed by atoms with Crippen molar-refractivity contribution < 1.29 is 0 Å². The standard InChI is InChI=1S/C25H29N3S/c1-24(2,3)17-25(4,5)27-22-21(26-23-28(22)15-16-29-23)20-13-11-19(12-14-20)18-9-7-6-8-10-18/h6-16,27H,17H2,1-5H3. The van der Waals surface area contributed by atoms with Crippen molar-refractivity contribution >= 4 is 22.1 Å². The van der Waals surface area contributed by atoms with Crippen molar-refractivity contribution in [2.24, 2.45) is 5.41 Å². The molecule has 29 heavy (non-hydrogen) atoms. The first-order valence-electron chi connectivity index (χ1n) is 10.1. The van der Waals surface area contributed by atoms with E-state index in [9.17, 15) is 0 Å². The third-order valence-corrected chi connectivity index (χ3v) is 5.71. The van der Waals surface area contributed by atoms with Crippen LogP contribution in [0.3, 0.4) is 0 Å². The Bertz CT molecular complexity index is 1100. The minimum Gasteiger partial charge on any atom is -0.364 e. The number of anilines is 1. The fourth-order valence-electron chi connectivity index (χ4n) is 4.25. The van der Waals surface area contributed by atoms with Gasteiger partial charge in [0.05, 0.1) is 0 Å². The Morgan fingerprint density at radius 1 is 0.862 bits per heavy atom. The van der Waals surface area contributed by atoms with Gasteiger partial charge in [0.2, 0.25) is 0 Å². The normalized spacial score (nSPS) is 12.4. The number of rotatable bonds is 5. The van der Waals surface area contributed by atoms with E-state index in [0.29, 0.717) is 0 Å². The van der Waals surface area contributed by atoms with E-state index in [1.807, 2.05) is 6.07 Å². The van der Waals surface area contributed by atoms with Gasteiger partial charge in [0.15, 0.2) is 4.96 Å². The number of nitrogens with one attached hydrogen (secondary N) is 1. The number of aromatic nitrogens is 2. The molecule has 0 saturated heterocycles. The first-order valence-corrected chi connectivity index (χ1v) is 11.0. The van der Waals surface area contributed by atoms with E-state index >= 15 is 0 Å². The first-order chi connectivity index (χ1) is 13.7. The first kappa shape index (κ1) is 19.7. The van der Waals surface area contributed by atoms with E-state index in [2.05, 4.69) is 104 Å². The van der Waals surface area contributed by atoms with Crippen LogP contribution in [0.2, 0.25) is 0 Å². The Morgan fingerprint density at radius 3 is 2.14 bits per heavy atom. The SMILES string of the molecule is CC(C)(C)CC(C)(C)Nc1c(-c2ccc(-c3ccccc3)cc2)nc2sccn12. The topological polar surface area (TPSA) is 29.3 Å². The van der Waals surface area contributed by atoms with Crippen LogP contribution in [0, 0.1) is 5.41 Å². The molecular weight excluding hydrogens is 374 g/mol. The van der Waals surface area contributed by atoms with Crippen molar-refractivity contribution in [1.29, 1.82) is 0 Å². The molecule has 0 fully saturated rings. The van der Waals surface area contributed by atoms with E-state index in [1.54, 1.807) is 11.3 Å². The van der Waals surface area contributed by atoms with E-state index in [-0.39, 0.29) is 11.0 Å². The molecular formula is C25H29N3S. The zero-order chi connectivity index (χ0) is 20.6. The van der Waals surface area contributed by atoms with Crippen molar-refractivity contribution in [3.05, 3.63) is 66.2 Å². The molecule has 150 valence electrons. The van der Waals surface area contributed by atoms with E-state index < -0.39 is 0 Å². The van der Waals surface area contributed by atoms with Crippen molar-refractivity contribution in [2.75, 3.05) is 5.32 Å². The van der Waals surface area contributed by atoms with Gasteiger partial charge < -0.3 is 5.32 Å². The summed E-state index contributed by atoms with van der Waals surface area (Å²) in [7, 11) is 0. The number of imidazole rings is 1. The molecule has 2 aromatic carbocycles. The molecule has 0 unspecified atom stereocenters. The number of fused-ring (bicyclic) bond motifs is 1. The lowest BCUT2D eigenvalue weighted by atomic mass is 9.82. The highest BCUT2D eigenvalue weighted by Gasteiger charge is 2.28. The van der Waals surface area contributed by atoms with E-state index in [1.165, 1.54) is 11.1 Å². The minimum absolute atomic E-state index is 0.0467. The van der Waals surface area contributed by atoms with E-state index in [0.717, 1.165) is 28.5 Å². The Morgan fingerprint density at radius 2 is 1.48 bits per heavy atom. The Balaban J connectivity index is 1.71. The summed E-state index contributed by atoms with van der Waals surface area (Å²) in [6.07, 6.45) is 3.16. The van der Waals surface area contributed by atoms with Gasteiger partial charge in [0.25, 0.3) is 0 Å². The number of nitrogens with zero attached hydrogens (tertiary/aromatic N) is 2. The molecule has 2 aromatic heterocycles. The number of hydrogen-bond donors (Lipinski definition) is 1. The zero-order valence-corrected chi connectivity index (χ0v) is 18.7. The van der Waals surface area contributed by atoms with Gasteiger partial charge in [-0.1, -0.05) is 75.4 Å². The molecule has 4 heteroatoms. The Labute approximate surface area is 177 Å². The van der Waals surface area contributed by atoms with Gasteiger partial charge in [-0.05, 0) is 36.8 Å². The van der Waals surface area contributed by atoms with E-state index in [4.69, 9.17) is 4.98 Å². The summed E-state index contributed by atoms with van der Waals surface area (Å²) >= 11 is 1.67. The summed E-state index contributed by atoms with van der Waals surface area (Å²) in [6.45, 7) is 11.4. The van der Waals surface area contributed by atoms with Gasteiger partial charge in [-0.2, -0.15) is 0 Å². The largest absolute Gasteiger partial charge is 0.364 e. The number of hydrogen-bond acceptors (Lipinski definition) is 3. The zero-order valence-electron chi connectivity index (χ0n) is 17.9. The molecule has 0 atom stereocenters. The molecule has 3 nitrogen and oxygen atoms in total. The average molecular weight is 404 g/mol. The number of thiazole rings is 1. The van der Waals surface area contributed by atoms with Crippen LogP contribution in [0.5, 0.6) is 0 Å². The van der Waals surface area contributed by atoms with Gasteiger partial charge >= 0.3 is 0 Å². The van der Waals surface area contributed by atoms with Crippen LogP contribution in [0.25, 0.3) is 27.3 Å². The van der Waals surface area contributed by atoms with Gasteiger partial charge in [-0.25, -0.2) is 4.98 Å². The van der Waals surface area contributed by atoms with Crippen LogP contribution >= 0.6 is 11.3 Å². The van der Waals surface area contributed by atoms with Crippen molar-refractivity contribution in [1.82, 2.24) is 9.38 Å². The van der Waals surface area contributed by atoms with Crippen molar-refractivity contribution in [3.8, 4) is 22.4 Å². The molecule has 2 heterocycles. The molecule has 4 aromatic rings. The summed E-state index contributed by atoms with van der Waals surface area (Å²) in [6, 6.07) is 19.2. The van der Waals surface area contributed by atoms with Crippen LogP contribution in [-0.4, -0.2) is 14.9 Å². The fraction of sp³-hybridized carbons (Fsp3) is 0.320. The quantitative estimate of drug-likeness (QED) is 0.377. The maximum atomic E-state index is 4.94. The van der Waals surface area contributed by atoms with Crippen LogP contribution in [-0.2, 0) is 0 Å². The second kappa shape index (κ2) is 7.34. The minimum atomic E-state index is -0.0467. The van der Waals surface area contributed by atoms with Gasteiger partial charge in [0.1, 0.15) is 11.5 Å². The molecule has 0 amide bonds. The van der Waals surface area contributed by atoms with Gasteiger partial charge in [-0.3, -0.25) is 4.40 Å². The third kappa shape index (κ3) is 4.38. The highest BCUT2D eigenvalue weighted by molar-refractivity contribution is 7.15. The lowest BCUT2D eigenvalue weighted by Crippen LogP contribution is -2.36. The molecule has 0 aliphatic rings. The number of benzene rings is 2. The fourth-order valence-corrected chi connectivity index (χ4v) is 4.96. The molecule has 0 aliphatic heterocycles. The van der Waals surface area contributed by atoms with Crippen molar-refractivity contribution in [3.63, 3.8) is 0 Å². The van der Waals surface area contributed by atoms with Crippen LogP contribution in [0.4, 0.5) is 5.82 Å². The second-order valence-corrected chi connectivity index (χ2v) is 10.4. The lowest BCUT2D eigenvalue weighted by molar-refractivity contribution is 0.302. The molecule has 1 N–H and O–H groups in total. The maximum Gasteiger partial charge on any atom is 0.195 e. The summed E-state index contributed by atoms with van der Waals surface area (Å²) in [4.78, 5) is 5.96. The van der Waals surface area contributed by atoms with Crippen LogP contribution in [0.15, 0.2) is 66.2 Å². The predicted octanol–water partition coefficient (Wildman–Crippen LogP) is 7.36. The smallest absolute Gasteiger partial charge is 0.195 e. The van der Waals surface area contributed by atoms with Crippen LogP contribution in [0.1, 0.15) is 41.0 Å². The monoisotopic (exact) mass is 403 g/mol. The molecule has 0 saturated carbocycles.